The first-order valence-electron chi connectivity index (χ1n) is 8.20. The Labute approximate surface area is 158 Å². The number of hydrogen-bond donors (Lipinski definition) is 1. The Morgan fingerprint density at radius 3 is 2.84 bits per heavy atom. The average Bonchev–Trinajstić information content (AvgIpc) is 2.77. The summed E-state index contributed by atoms with van der Waals surface area (Å²) < 4.78 is 16.4. The predicted octanol–water partition coefficient (Wildman–Crippen LogP) is 5.84. The summed E-state index contributed by atoms with van der Waals surface area (Å²) in [5.74, 6) is 0.648. The molecule has 2 aromatic carbocycles. The van der Waals surface area contributed by atoms with E-state index in [1.807, 2.05) is 28.9 Å². The highest BCUT2D eigenvalue weighted by Crippen LogP contribution is 2.37. The van der Waals surface area contributed by atoms with Gasteiger partial charge in [-0.3, -0.25) is 0 Å². The van der Waals surface area contributed by atoms with Crippen molar-refractivity contribution in [2.24, 2.45) is 0 Å². The molecule has 0 fully saturated rings. The maximum Gasteiger partial charge on any atom is 0.133 e. The second-order valence-corrected chi connectivity index (χ2v) is 7.40. The van der Waals surface area contributed by atoms with Crippen molar-refractivity contribution in [3.8, 4) is 16.9 Å². The summed E-state index contributed by atoms with van der Waals surface area (Å²) in [5, 5.41) is 8.71. The summed E-state index contributed by atoms with van der Waals surface area (Å²) in [6.07, 6.45) is 3.10. The maximum atomic E-state index is 13.5. The number of nitrogens with one attached hydrogen (secondary N) is 1. The van der Waals surface area contributed by atoms with Gasteiger partial charge in [0.2, 0.25) is 0 Å². The van der Waals surface area contributed by atoms with Gasteiger partial charge in [0, 0.05) is 22.1 Å². The van der Waals surface area contributed by atoms with Crippen LogP contribution in [-0.2, 0) is 6.42 Å². The van der Waals surface area contributed by atoms with E-state index in [4.69, 9.17) is 16.7 Å². The molecule has 1 aliphatic heterocycles. The van der Waals surface area contributed by atoms with Crippen LogP contribution in [0.15, 0.2) is 46.9 Å². The molecule has 0 atom stereocenters. The first-order chi connectivity index (χ1) is 12.1. The monoisotopic (exact) mass is 419 g/mol. The van der Waals surface area contributed by atoms with Crippen molar-refractivity contribution in [1.82, 2.24) is 9.78 Å². The highest BCUT2D eigenvalue weighted by atomic mass is 79.9. The molecule has 128 valence electrons. The van der Waals surface area contributed by atoms with E-state index >= 15 is 0 Å². The lowest BCUT2D eigenvalue weighted by Gasteiger charge is -2.09. The van der Waals surface area contributed by atoms with E-state index in [0.29, 0.717) is 5.02 Å². The molecule has 0 aliphatic carbocycles. The van der Waals surface area contributed by atoms with Crippen LogP contribution in [0.5, 0.6) is 0 Å². The van der Waals surface area contributed by atoms with Crippen LogP contribution < -0.4 is 5.32 Å². The Balaban J connectivity index is 1.93. The van der Waals surface area contributed by atoms with Crippen molar-refractivity contribution in [2.45, 2.75) is 19.3 Å². The first kappa shape index (κ1) is 16.6. The third kappa shape index (κ3) is 3.18. The summed E-state index contributed by atoms with van der Waals surface area (Å²) in [4.78, 5) is 0. The van der Waals surface area contributed by atoms with Gasteiger partial charge < -0.3 is 5.32 Å². The van der Waals surface area contributed by atoms with Gasteiger partial charge >= 0.3 is 0 Å². The predicted molar refractivity (Wildman–Crippen MR) is 103 cm³/mol. The van der Waals surface area contributed by atoms with Crippen molar-refractivity contribution in [2.75, 3.05) is 11.9 Å². The van der Waals surface area contributed by atoms with E-state index in [0.717, 1.165) is 58.6 Å². The quantitative estimate of drug-likeness (QED) is 0.564. The van der Waals surface area contributed by atoms with Crippen LogP contribution in [0.25, 0.3) is 16.9 Å². The topological polar surface area (TPSA) is 29.9 Å². The molecule has 25 heavy (non-hydrogen) atoms. The standard InChI is InChI=1S/C19H16BrClFN3/c20-12-4-3-5-14(10-12)25-19-16(6-1-2-9-23-19)18(24-25)15-8-7-13(22)11-17(15)21/h3-5,7-8,10-11,23H,1-2,6,9H2. The van der Waals surface area contributed by atoms with Crippen LogP contribution in [0.4, 0.5) is 10.2 Å². The minimum atomic E-state index is -0.343. The second kappa shape index (κ2) is 6.81. The van der Waals surface area contributed by atoms with Crippen LogP contribution in [0, 0.1) is 5.82 Å². The number of anilines is 1. The smallest absolute Gasteiger partial charge is 0.133 e. The lowest BCUT2D eigenvalue weighted by Crippen LogP contribution is -2.07. The van der Waals surface area contributed by atoms with Crippen molar-refractivity contribution in [3.05, 3.63) is 63.3 Å². The third-order valence-electron chi connectivity index (χ3n) is 4.37. The Bertz CT molecular complexity index is 938. The lowest BCUT2D eigenvalue weighted by atomic mass is 10.0. The Morgan fingerprint density at radius 1 is 1.16 bits per heavy atom. The summed E-state index contributed by atoms with van der Waals surface area (Å²) in [7, 11) is 0. The molecule has 0 saturated carbocycles. The summed E-state index contributed by atoms with van der Waals surface area (Å²) in [6, 6.07) is 12.5. The zero-order valence-electron chi connectivity index (χ0n) is 13.4. The molecule has 0 radical (unpaired) electrons. The Kier molecular flexibility index (Phi) is 4.52. The number of aromatic nitrogens is 2. The zero-order chi connectivity index (χ0) is 17.4. The van der Waals surface area contributed by atoms with Crippen molar-refractivity contribution in [1.29, 1.82) is 0 Å². The number of hydrogen-bond acceptors (Lipinski definition) is 2. The Hall–Kier alpha value is -1.85. The molecule has 0 saturated heterocycles. The third-order valence-corrected chi connectivity index (χ3v) is 5.17. The molecule has 6 heteroatoms. The van der Waals surface area contributed by atoms with Crippen molar-refractivity contribution < 1.29 is 4.39 Å². The highest BCUT2D eigenvalue weighted by Gasteiger charge is 2.23. The highest BCUT2D eigenvalue weighted by molar-refractivity contribution is 9.10. The van der Waals surface area contributed by atoms with Crippen molar-refractivity contribution >= 4 is 33.3 Å². The molecule has 0 spiro atoms. The van der Waals surface area contributed by atoms with E-state index in [2.05, 4.69) is 21.2 Å². The SMILES string of the molecule is Fc1ccc(-c2nn(-c3cccc(Br)c3)c3c2CCCCN3)c(Cl)c1. The van der Waals surface area contributed by atoms with Gasteiger partial charge in [-0.25, -0.2) is 9.07 Å². The van der Waals surface area contributed by atoms with Crippen molar-refractivity contribution in [3.63, 3.8) is 0 Å². The number of fused-ring (bicyclic) bond motifs is 1. The Morgan fingerprint density at radius 2 is 2.04 bits per heavy atom. The van der Waals surface area contributed by atoms with Gasteiger partial charge in [-0.15, -0.1) is 0 Å². The van der Waals surface area contributed by atoms with E-state index in [1.165, 1.54) is 12.1 Å². The number of nitrogens with zero attached hydrogens (tertiary/aromatic N) is 2. The fourth-order valence-corrected chi connectivity index (χ4v) is 3.84. The fraction of sp³-hybridized carbons (Fsp3) is 0.211. The molecular weight excluding hydrogens is 405 g/mol. The molecule has 3 nitrogen and oxygen atoms in total. The minimum absolute atomic E-state index is 0.343. The number of benzene rings is 2. The molecule has 2 heterocycles. The summed E-state index contributed by atoms with van der Waals surface area (Å²) >= 11 is 9.83. The number of rotatable bonds is 2. The van der Waals surface area contributed by atoms with Gasteiger partial charge in [-0.05, 0) is 55.7 Å². The van der Waals surface area contributed by atoms with Gasteiger partial charge in [-0.2, -0.15) is 5.10 Å². The van der Waals surface area contributed by atoms with Gasteiger partial charge in [0.25, 0.3) is 0 Å². The molecule has 0 bridgehead atoms. The summed E-state index contributed by atoms with van der Waals surface area (Å²) in [5.41, 5.74) is 3.67. The van der Waals surface area contributed by atoms with E-state index < -0.39 is 0 Å². The van der Waals surface area contributed by atoms with E-state index in [1.54, 1.807) is 6.07 Å². The average molecular weight is 421 g/mol. The number of halogens is 3. The van der Waals surface area contributed by atoms with Crippen LogP contribution in [0.3, 0.4) is 0 Å². The largest absolute Gasteiger partial charge is 0.370 e. The van der Waals surface area contributed by atoms with Gasteiger partial charge in [0.1, 0.15) is 11.6 Å². The molecular formula is C19H16BrClFN3. The molecule has 0 unspecified atom stereocenters. The van der Waals surface area contributed by atoms with Crippen LogP contribution in [0.2, 0.25) is 5.02 Å². The second-order valence-electron chi connectivity index (χ2n) is 6.08. The molecule has 1 aliphatic rings. The molecule has 3 aromatic rings. The maximum absolute atomic E-state index is 13.5. The molecule has 1 N–H and O–H groups in total. The van der Waals surface area contributed by atoms with Crippen LogP contribution >= 0.6 is 27.5 Å². The van der Waals surface area contributed by atoms with Gasteiger partial charge in [-0.1, -0.05) is 33.6 Å². The van der Waals surface area contributed by atoms with E-state index in [9.17, 15) is 4.39 Å². The molecule has 4 rings (SSSR count). The fourth-order valence-electron chi connectivity index (χ4n) is 3.19. The van der Waals surface area contributed by atoms with Crippen LogP contribution in [-0.4, -0.2) is 16.3 Å². The normalized spacial score (nSPS) is 13.9. The van der Waals surface area contributed by atoms with Crippen LogP contribution in [0.1, 0.15) is 18.4 Å². The van der Waals surface area contributed by atoms with Gasteiger partial charge in [0.05, 0.1) is 16.4 Å². The zero-order valence-corrected chi connectivity index (χ0v) is 15.7. The molecule has 0 amide bonds. The summed E-state index contributed by atoms with van der Waals surface area (Å²) in [6.45, 7) is 0.906. The lowest BCUT2D eigenvalue weighted by molar-refractivity contribution is 0.628. The minimum Gasteiger partial charge on any atom is -0.370 e. The molecule has 1 aromatic heterocycles. The van der Waals surface area contributed by atoms with E-state index in [-0.39, 0.29) is 5.82 Å². The van der Waals surface area contributed by atoms with Gasteiger partial charge in [0.15, 0.2) is 0 Å². The first-order valence-corrected chi connectivity index (χ1v) is 9.38.